The third kappa shape index (κ3) is 5.29. The Morgan fingerprint density at radius 2 is 0.600 bits per heavy atom. The topological polar surface area (TPSA) is 116 Å². The maximum atomic E-state index is 12.9. The van der Waals surface area contributed by atoms with Crippen molar-refractivity contribution in [1.82, 2.24) is 0 Å². The summed E-state index contributed by atoms with van der Waals surface area (Å²) in [6.07, 6.45) is 6.21. The Morgan fingerprint density at radius 3 is 0.829 bits per heavy atom. The predicted molar refractivity (Wildman–Crippen MR) is 130 cm³/mol. The Morgan fingerprint density at radius 1 is 0.400 bits per heavy atom. The molecule has 0 N–H and O–H groups in total. The van der Waals surface area contributed by atoms with Crippen molar-refractivity contribution < 1.29 is 33.2 Å². The van der Waals surface area contributed by atoms with Crippen LogP contribution < -0.4 is 0 Å². The number of fused-ring (bicyclic) bond motifs is 2. The predicted octanol–water partition coefficient (Wildman–Crippen LogP) is 3.98. The van der Waals surface area contributed by atoms with Crippen molar-refractivity contribution in [3.05, 3.63) is 60.1 Å². The van der Waals surface area contributed by atoms with Gasteiger partial charge in [0.15, 0.2) is 34.7 Å². The van der Waals surface area contributed by atoms with Crippen molar-refractivity contribution in [2.24, 2.45) is 10.8 Å². The van der Waals surface area contributed by atoms with Gasteiger partial charge < -0.3 is 4.42 Å². The molecule has 0 aromatic carbocycles. The Hall–Kier alpha value is -3.48. The van der Waals surface area contributed by atoms with Crippen molar-refractivity contribution in [3.63, 3.8) is 0 Å². The van der Waals surface area contributed by atoms with Crippen molar-refractivity contribution in [1.29, 1.82) is 0 Å². The van der Waals surface area contributed by atoms with Crippen LogP contribution in [0.4, 0.5) is 0 Å². The van der Waals surface area contributed by atoms with E-state index in [1.807, 2.05) is 0 Å². The van der Waals surface area contributed by atoms with Gasteiger partial charge in [-0.25, -0.2) is 0 Å². The number of carbonyl (C=O) groups is 6. The van der Waals surface area contributed by atoms with Crippen LogP contribution >= 0.6 is 0 Å². The van der Waals surface area contributed by atoms with Gasteiger partial charge in [-0.1, -0.05) is 0 Å². The van der Waals surface area contributed by atoms with E-state index in [0.717, 1.165) is 36.5 Å². The average molecular weight is 481 g/mol. The largest absolute Gasteiger partial charge is 0.464 e. The minimum Gasteiger partial charge on any atom is -0.464 e. The molecule has 1 aliphatic rings. The fraction of sp³-hybridized carbons (Fsp3) is 0.429. The van der Waals surface area contributed by atoms with Gasteiger partial charge in [-0.05, 0) is 104 Å². The highest BCUT2D eigenvalue weighted by Gasteiger charge is 2.39. The first-order chi connectivity index (χ1) is 15.9. The minimum atomic E-state index is -1.54. The maximum Gasteiger partial charge on any atom is 0.169 e. The van der Waals surface area contributed by atoms with Crippen molar-refractivity contribution in [2.75, 3.05) is 0 Å². The minimum absolute atomic E-state index is 0.290. The SMILES string of the molecule is CC1(C)C(=O)/C=C\C(=O)C(C)(C)C(=O)/C=C/C(=O)C(C)(C)c2ccc(o2)C(C)(C)C(=O)/C=C\C1=O. The van der Waals surface area contributed by atoms with Crippen LogP contribution in [0.25, 0.3) is 0 Å². The maximum absolute atomic E-state index is 12.9. The number of allylic oxidation sites excluding steroid dienone is 6. The summed E-state index contributed by atoms with van der Waals surface area (Å²) in [6, 6.07) is 3.18. The highest BCUT2D eigenvalue weighted by molar-refractivity contribution is 6.20. The van der Waals surface area contributed by atoms with Gasteiger partial charge in [0.05, 0.1) is 21.7 Å². The monoisotopic (exact) mass is 480 g/mol. The van der Waals surface area contributed by atoms with Gasteiger partial charge in [-0.3, -0.25) is 28.8 Å². The van der Waals surface area contributed by atoms with Crippen LogP contribution in [0.3, 0.4) is 0 Å². The van der Waals surface area contributed by atoms with Crippen LogP contribution in [0, 0.1) is 10.8 Å². The molecule has 0 spiro atoms. The van der Waals surface area contributed by atoms with E-state index in [9.17, 15) is 28.8 Å². The molecule has 0 saturated heterocycles. The number of rotatable bonds is 0. The first-order valence-corrected chi connectivity index (χ1v) is 11.3. The van der Waals surface area contributed by atoms with Gasteiger partial charge in [0.25, 0.3) is 0 Å². The fourth-order valence-corrected chi connectivity index (χ4v) is 3.20. The molecule has 1 aromatic heterocycles. The molecule has 186 valence electrons. The van der Waals surface area contributed by atoms with Gasteiger partial charge >= 0.3 is 0 Å². The third-order valence-electron chi connectivity index (χ3n) is 6.69. The molecule has 7 heteroatoms. The Bertz CT molecular complexity index is 1100. The molecule has 0 amide bonds. The summed E-state index contributed by atoms with van der Waals surface area (Å²) in [6.45, 7) is 12.0. The Balaban J connectivity index is 2.65. The molecule has 2 bridgehead atoms. The smallest absolute Gasteiger partial charge is 0.169 e. The van der Waals surface area contributed by atoms with Gasteiger partial charge in [-0.2, -0.15) is 0 Å². The lowest BCUT2D eigenvalue weighted by atomic mass is 9.79. The zero-order valence-corrected chi connectivity index (χ0v) is 21.5. The summed E-state index contributed by atoms with van der Waals surface area (Å²) < 4.78 is 5.89. The van der Waals surface area contributed by atoms with Crippen LogP contribution in [-0.4, -0.2) is 34.7 Å². The van der Waals surface area contributed by atoms with E-state index in [2.05, 4.69) is 0 Å². The van der Waals surface area contributed by atoms with Gasteiger partial charge in [-0.15, -0.1) is 0 Å². The molecular formula is C28H32O7. The zero-order chi connectivity index (χ0) is 27.0. The molecule has 0 atom stereocenters. The second kappa shape index (κ2) is 9.29. The highest BCUT2D eigenvalue weighted by Crippen LogP contribution is 2.33. The Labute approximate surface area is 205 Å². The molecule has 1 aliphatic heterocycles. The second-order valence-electron chi connectivity index (χ2n) is 10.8. The van der Waals surface area contributed by atoms with Gasteiger partial charge in [0, 0.05) is 0 Å². The summed E-state index contributed by atoms with van der Waals surface area (Å²) in [5, 5.41) is 0. The van der Waals surface area contributed by atoms with E-state index in [1.165, 1.54) is 27.7 Å². The molecule has 7 nitrogen and oxygen atoms in total. The van der Waals surface area contributed by atoms with Crippen LogP contribution in [0.2, 0.25) is 0 Å². The number of furan rings is 1. The van der Waals surface area contributed by atoms with E-state index in [1.54, 1.807) is 39.8 Å². The molecule has 0 unspecified atom stereocenters. The van der Waals surface area contributed by atoms with E-state index < -0.39 is 56.4 Å². The first-order valence-electron chi connectivity index (χ1n) is 11.3. The Kier molecular flexibility index (Phi) is 7.36. The third-order valence-corrected chi connectivity index (χ3v) is 6.69. The van der Waals surface area contributed by atoms with Gasteiger partial charge in [0.2, 0.25) is 0 Å². The molecule has 0 radical (unpaired) electrons. The van der Waals surface area contributed by atoms with Crippen molar-refractivity contribution >= 4 is 34.7 Å². The first kappa shape index (κ1) is 27.8. The molecule has 35 heavy (non-hydrogen) atoms. The standard InChI is InChI=1S/C28H32O7/c1-25(2)17(29)9-10-18(30)26(3,4)20(32)12-14-22(34)28(7,8)24-16-15-23(35-24)27(5,6)21(33)13-11-19(25)31/h9-16H,1-8H3/b10-9-,13-11-,14-12+. The van der Waals surface area contributed by atoms with E-state index in [-0.39, 0.29) is 0 Å². The van der Waals surface area contributed by atoms with E-state index in [4.69, 9.17) is 4.42 Å². The molecule has 0 aliphatic carbocycles. The van der Waals surface area contributed by atoms with Crippen molar-refractivity contribution in [2.45, 2.75) is 66.2 Å². The van der Waals surface area contributed by atoms with Crippen LogP contribution in [-0.2, 0) is 39.6 Å². The quantitative estimate of drug-likeness (QED) is 0.516. The number of ketones is 6. The lowest BCUT2D eigenvalue weighted by Gasteiger charge is -2.22. The average Bonchev–Trinajstić information content (AvgIpc) is 3.29. The molecule has 0 fully saturated rings. The number of carbonyl (C=O) groups excluding carboxylic acids is 6. The highest BCUT2D eigenvalue weighted by atomic mass is 16.3. The molecule has 1 aromatic rings. The molecular weight excluding hydrogens is 448 g/mol. The lowest BCUT2D eigenvalue weighted by Crippen LogP contribution is -2.34. The number of hydrogen-bond acceptors (Lipinski definition) is 7. The summed E-state index contributed by atoms with van der Waals surface area (Å²) in [4.78, 5) is 76.7. The van der Waals surface area contributed by atoms with E-state index in [0.29, 0.717) is 11.5 Å². The second-order valence-corrected chi connectivity index (χ2v) is 10.8. The molecule has 0 saturated carbocycles. The summed E-state index contributed by atoms with van der Waals surface area (Å²) in [7, 11) is 0. The van der Waals surface area contributed by atoms with Gasteiger partial charge in [0.1, 0.15) is 11.5 Å². The summed E-state index contributed by atoms with van der Waals surface area (Å²) in [5.41, 5.74) is -5.40. The van der Waals surface area contributed by atoms with Crippen LogP contribution in [0.1, 0.15) is 66.9 Å². The fourth-order valence-electron chi connectivity index (χ4n) is 3.20. The molecule has 2 heterocycles. The zero-order valence-electron chi connectivity index (χ0n) is 21.5. The summed E-state index contributed by atoms with van der Waals surface area (Å²) in [5.74, 6) is -2.84. The van der Waals surface area contributed by atoms with Crippen LogP contribution in [0.15, 0.2) is 53.0 Å². The van der Waals surface area contributed by atoms with E-state index >= 15 is 0 Å². The van der Waals surface area contributed by atoms with Crippen molar-refractivity contribution in [3.8, 4) is 0 Å². The number of hydrogen-bond donors (Lipinski definition) is 0. The van der Waals surface area contributed by atoms with Crippen LogP contribution in [0.5, 0.6) is 0 Å². The summed E-state index contributed by atoms with van der Waals surface area (Å²) >= 11 is 0. The normalized spacial score (nSPS) is 25.4. The molecule has 2 rings (SSSR count). The lowest BCUT2D eigenvalue weighted by molar-refractivity contribution is -0.135.